The van der Waals surface area contributed by atoms with E-state index in [0.717, 1.165) is 42.7 Å². The second-order valence-electron chi connectivity index (χ2n) is 5.46. The molecule has 2 aliphatic rings. The Morgan fingerprint density at radius 3 is 2.89 bits per heavy atom. The zero-order valence-electron chi connectivity index (χ0n) is 10.8. The minimum Gasteiger partial charge on any atom is -0.468 e. The first kappa shape index (κ1) is 11.0. The highest BCUT2D eigenvalue weighted by atomic mass is 16.5. The van der Waals surface area contributed by atoms with Crippen LogP contribution in [-0.2, 0) is 14.9 Å². The number of nitrogens with zero attached hydrogens (tertiary/aromatic N) is 3. The van der Waals surface area contributed by atoms with Gasteiger partial charge in [0.15, 0.2) is 5.65 Å². The predicted octanol–water partition coefficient (Wildman–Crippen LogP) is 1.97. The number of methoxy groups -OCH3 is 1. The van der Waals surface area contributed by atoms with Crippen LogP contribution in [0.1, 0.15) is 37.5 Å². The van der Waals surface area contributed by atoms with E-state index in [9.17, 15) is 4.79 Å². The number of hydrogen-bond donors (Lipinski definition) is 0. The SMILES string of the molecule is COC(=O)C1(c2nc3cccnc3n2C2CC2)CC1. The maximum atomic E-state index is 12.1. The van der Waals surface area contributed by atoms with Gasteiger partial charge in [0, 0.05) is 12.2 Å². The Labute approximate surface area is 110 Å². The second-order valence-corrected chi connectivity index (χ2v) is 5.46. The average molecular weight is 257 g/mol. The van der Waals surface area contributed by atoms with Crippen molar-refractivity contribution in [2.24, 2.45) is 0 Å². The van der Waals surface area contributed by atoms with Gasteiger partial charge in [-0.1, -0.05) is 0 Å². The largest absolute Gasteiger partial charge is 0.468 e. The number of carbonyl (C=O) groups is 1. The summed E-state index contributed by atoms with van der Waals surface area (Å²) in [6, 6.07) is 4.30. The van der Waals surface area contributed by atoms with E-state index in [2.05, 4.69) is 14.5 Å². The number of esters is 1. The van der Waals surface area contributed by atoms with Crippen LogP contribution < -0.4 is 0 Å². The lowest BCUT2D eigenvalue weighted by atomic mass is 10.1. The fourth-order valence-corrected chi connectivity index (χ4v) is 2.79. The molecule has 2 aliphatic carbocycles. The number of fused-ring (bicyclic) bond motifs is 1. The molecule has 0 saturated heterocycles. The highest BCUT2D eigenvalue weighted by Gasteiger charge is 2.57. The lowest BCUT2D eigenvalue weighted by molar-refractivity contribution is -0.144. The average Bonchev–Trinajstić information content (AvgIpc) is 3.35. The Balaban J connectivity index is 1.94. The van der Waals surface area contributed by atoms with E-state index in [1.807, 2.05) is 12.1 Å². The maximum absolute atomic E-state index is 12.1. The summed E-state index contributed by atoms with van der Waals surface area (Å²) in [6.07, 6.45) is 5.73. The van der Waals surface area contributed by atoms with Crippen molar-refractivity contribution in [2.45, 2.75) is 37.1 Å². The molecule has 0 atom stereocenters. The number of rotatable bonds is 3. The number of ether oxygens (including phenoxy) is 1. The molecular weight excluding hydrogens is 242 g/mol. The van der Waals surface area contributed by atoms with Crippen LogP contribution in [-0.4, -0.2) is 27.6 Å². The first-order valence-electron chi connectivity index (χ1n) is 6.68. The number of aromatic nitrogens is 3. The molecule has 4 rings (SSSR count). The molecule has 2 fully saturated rings. The van der Waals surface area contributed by atoms with Gasteiger partial charge in [-0.15, -0.1) is 0 Å². The van der Waals surface area contributed by atoms with Crippen LogP contribution in [0.4, 0.5) is 0 Å². The molecule has 2 aromatic rings. The van der Waals surface area contributed by atoms with E-state index >= 15 is 0 Å². The summed E-state index contributed by atoms with van der Waals surface area (Å²) < 4.78 is 7.14. The summed E-state index contributed by atoms with van der Waals surface area (Å²) in [4.78, 5) is 21.2. The fourth-order valence-electron chi connectivity index (χ4n) is 2.79. The Morgan fingerprint density at radius 1 is 1.47 bits per heavy atom. The molecule has 0 unspecified atom stereocenters. The first-order valence-corrected chi connectivity index (χ1v) is 6.68. The third kappa shape index (κ3) is 1.44. The van der Waals surface area contributed by atoms with Crippen molar-refractivity contribution in [1.82, 2.24) is 14.5 Å². The van der Waals surface area contributed by atoms with Gasteiger partial charge in [-0.05, 0) is 37.8 Å². The summed E-state index contributed by atoms with van der Waals surface area (Å²) >= 11 is 0. The molecule has 0 aromatic carbocycles. The lowest BCUT2D eigenvalue weighted by Gasteiger charge is -2.14. The fraction of sp³-hybridized carbons (Fsp3) is 0.500. The van der Waals surface area contributed by atoms with Crippen LogP contribution in [0.3, 0.4) is 0 Å². The molecule has 0 amide bonds. The van der Waals surface area contributed by atoms with Crippen LogP contribution in [0.25, 0.3) is 11.2 Å². The van der Waals surface area contributed by atoms with Crippen LogP contribution >= 0.6 is 0 Å². The van der Waals surface area contributed by atoms with Crippen LogP contribution in [0.2, 0.25) is 0 Å². The summed E-state index contributed by atoms with van der Waals surface area (Å²) in [5.74, 6) is 0.695. The van der Waals surface area contributed by atoms with E-state index in [4.69, 9.17) is 4.74 Å². The molecule has 0 radical (unpaired) electrons. The molecule has 5 nitrogen and oxygen atoms in total. The summed E-state index contributed by atoms with van der Waals surface area (Å²) in [7, 11) is 1.45. The van der Waals surface area contributed by atoms with Gasteiger partial charge in [-0.25, -0.2) is 9.97 Å². The molecule has 2 aromatic heterocycles. The number of carbonyl (C=O) groups excluding carboxylic acids is 1. The second kappa shape index (κ2) is 3.56. The van der Waals surface area contributed by atoms with Crippen LogP contribution in [0, 0.1) is 0 Å². The molecular formula is C14H15N3O2. The smallest absolute Gasteiger partial charge is 0.319 e. The maximum Gasteiger partial charge on any atom is 0.319 e. The van der Waals surface area contributed by atoms with E-state index in [-0.39, 0.29) is 5.97 Å². The summed E-state index contributed by atoms with van der Waals surface area (Å²) in [6.45, 7) is 0. The van der Waals surface area contributed by atoms with Crippen molar-refractivity contribution in [1.29, 1.82) is 0 Å². The van der Waals surface area contributed by atoms with Crippen molar-refractivity contribution >= 4 is 17.1 Å². The molecule has 2 heterocycles. The van der Waals surface area contributed by atoms with Gasteiger partial charge in [0.1, 0.15) is 16.8 Å². The van der Waals surface area contributed by atoms with Gasteiger partial charge in [0.05, 0.1) is 7.11 Å². The van der Waals surface area contributed by atoms with E-state index in [1.54, 1.807) is 6.20 Å². The zero-order valence-corrected chi connectivity index (χ0v) is 10.8. The highest BCUT2D eigenvalue weighted by Crippen LogP contribution is 2.52. The topological polar surface area (TPSA) is 57.0 Å². The van der Waals surface area contributed by atoms with E-state index < -0.39 is 5.41 Å². The molecule has 0 bridgehead atoms. The van der Waals surface area contributed by atoms with Crippen LogP contribution in [0.15, 0.2) is 18.3 Å². The molecule has 0 N–H and O–H groups in total. The molecule has 98 valence electrons. The van der Waals surface area contributed by atoms with Crippen molar-refractivity contribution < 1.29 is 9.53 Å². The Hall–Kier alpha value is -1.91. The summed E-state index contributed by atoms with van der Waals surface area (Å²) in [5.41, 5.74) is 1.26. The van der Waals surface area contributed by atoms with E-state index in [1.165, 1.54) is 7.11 Å². The number of imidazole rings is 1. The molecule has 0 spiro atoms. The third-order valence-electron chi connectivity index (χ3n) is 4.11. The first-order chi connectivity index (χ1) is 9.26. The summed E-state index contributed by atoms with van der Waals surface area (Å²) in [5, 5.41) is 0. The number of pyridine rings is 1. The van der Waals surface area contributed by atoms with Gasteiger partial charge in [0.2, 0.25) is 0 Å². The molecule has 19 heavy (non-hydrogen) atoms. The third-order valence-corrected chi connectivity index (χ3v) is 4.11. The molecule has 5 heteroatoms. The molecule has 2 saturated carbocycles. The van der Waals surface area contributed by atoms with Gasteiger partial charge in [-0.3, -0.25) is 4.79 Å². The van der Waals surface area contributed by atoms with Gasteiger partial charge >= 0.3 is 5.97 Å². The highest BCUT2D eigenvalue weighted by molar-refractivity contribution is 5.87. The lowest BCUT2D eigenvalue weighted by Crippen LogP contribution is -2.26. The molecule has 0 aliphatic heterocycles. The zero-order chi connectivity index (χ0) is 13.0. The van der Waals surface area contributed by atoms with Crippen LogP contribution in [0.5, 0.6) is 0 Å². The van der Waals surface area contributed by atoms with E-state index in [0.29, 0.717) is 6.04 Å². The Kier molecular flexibility index (Phi) is 2.05. The van der Waals surface area contributed by atoms with Crippen molar-refractivity contribution in [2.75, 3.05) is 7.11 Å². The van der Waals surface area contributed by atoms with Gasteiger partial charge < -0.3 is 9.30 Å². The van der Waals surface area contributed by atoms with Crippen molar-refractivity contribution in [3.63, 3.8) is 0 Å². The predicted molar refractivity (Wildman–Crippen MR) is 68.7 cm³/mol. The van der Waals surface area contributed by atoms with Gasteiger partial charge in [-0.2, -0.15) is 0 Å². The number of hydrogen-bond acceptors (Lipinski definition) is 4. The van der Waals surface area contributed by atoms with Crippen molar-refractivity contribution in [3.8, 4) is 0 Å². The minimum absolute atomic E-state index is 0.162. The standard InChI is InChI=1S/C14H15N3O2/c1-19-13(18)14(6-7-14)12-16-10-3-2-8-15-11(10)17(12)9-4-5-9/h2-3,8-9H,4-7H2,1H3. The van der Waals surface area contributed by atoms with Crippen molar-refractivity contribution in [3.05, 3.63) is 24.2 Å². The normalized spacial score (nSPS) is 20.5. The minimum atomic E-state index is -0.516. The monoisotopic (exact) mass is 257 g/mol. The quantitative estimate of drug-likeness (QED) is 0.789. The Bertz CT molecular complexity index is 668. The Morgan fingerprint density at radius 2 is 2.26 bits per heavy atom. The van der Waals surface area contributed by atoms with Gasteiger partial charge in [0.25, 0.3) is 0 Å².